The molecule has 0 amide bonds. The molecule has 1 aromatic carbocycles. The zero-order valence-electron chi connectivity index (χ0n) is 18.8. The van der Waals surface area contributed by atoms with Crippen molar-refractivity contribution < 1.29 is 33.0 Å². The highest BCUT2D eigenvalue weighted by atomic mass is 32.2. The zero-order valence-corrected chi connectivity index (χ0v) is 20.4. The van der Waals surface area contributed by atoms with Gasteiger partial charge in [-0.15, -0.1) is 11.3 Å². The maximum atomic E-state index is 11.5. The minimum atomic E-state index is -3.34. The normalized spacial score (nSPS) is 15.2. The first kappa shape index (κ1) is 27.8. The van der Waals surface area contributed by atoms with Gasteiger partial charge in [0.15, 0.2) is 0 Å². The van der Waals surface area contributed by atoms with E-state index >= 15 is 0 Å². The number of hydrogen-bond donors (Lipinski definition) is 3. The highest BCUT2D eigenvalue weighted by Crippen LogP contribution is 2.27. The van der Waals surface area contributed by atoms with Gasteiger partial charge in [0.25, 0.3) is 0 Å². The summed E-state index contributed by atoms with van der Waals surface area (Å²) in [5.41, 5.74) is -0.233. The average Bonchev–Trinajstić information content (AvgIpc) is 3.29. The summed E-state index contributed by atoms with van der Waals surface area (Å²) >= 11 is 0.938. The Labute approximate surface area is 199 Å². The summed E-state index contributed by atoms with van der Waals surface area (Å²) in [5.74, 6) is 0. The first-order valence-corrected chi connectivity index (χ1v) is 12.9. The molecule has 10 nitrogen and oxygen atoms in total. The molecule has 1 aromatic heterocycles. The minimum absolute atomic E-state index is 0.0179. The third-order valence-corrected chi connectivity index (χ3v) is 6.97. The lowest BCUT2D eigenvalue weighted by Gasteiger charge is -2.20. The van der Waals surface area contributed by atoms with Crippen LogP contribution in [-0.2, 0) is 45.8 Å². The number of thiazole rings is 1. The van der Waals surface area contributed by atoms with Crippen LogP contribution >= 0.6 is 11.3 Å². The second-order valence-corrected chi connectivity index (χ2v) is 10.2. The van der Waals surface area contributed by atoms with E-state index < -0.39 is 15.5 Å². The highest BCUT2D eigenvalue weighted by molar-refractivity contribution is 7.92. The topological polar surface area (TPSA) is 146 Å². The Bertz CT molecular complexity index is 892. The Kier molecular flexibility index (Phi) is 12.4. The van der Waals surface area contributed by atoms with Gasteiger partial charge in [0.1, 0.15) is 24.7 Å². The second kappa shape index (κ2) is 14.7. The van der Waals surface area contributed by atoms with Gasteiger partial charge in [0, 0.05) is 0 Å². The summed E-state index contributed by atoms with van der Waals surface area (Å²) in [6.45, 7) is 5.61. The molecule has 0 saturated carbocycles. The van der Waals surface area contributed by atoms with Gasteiger partial charge in [-0.05, 0) is 12.5 Å². The molecule has 0 aliphatic rings. The molecular formula is C21H33N3O7S2. The number of nitrogens with two attached hydrogens (primary N) is 1. The Morgan fingerprint density at radius 3 is 2.00 bits per heavy atom. The predicted octanol–water partition coefficient (Wildman–Crippen LogP) is 1.91. The Morgan fingerprint density at radius 1 is 0.970 bits per heavy atom. The van der Waals surface area contributed by atoms with E-state index in [4.69, 9.17) is 33.6 Å². The van der Waals surface area contributed by atoms with Gasteiger partial charge < -0.3 is 28.8 Å². The standard InChI is InChI=1S/C21H33N3O7S2/c1-21(25,20-24-15-19(32-20)33(22,23)26)17-31-14-12-29-10-8-27-7-9-28-11-13-30-16-18-5-3-2-4-6-18/h2-6,15,25H,7-14,16-17H2,1H3,(H3,22,23,26)/t21-/m0/s1. The second-order valence-electron chi connectivity index (χ2n) is 7.29. The minimum Gasteiger partial charge on any atom is -0.381 e. The molecule has 0 aliphatic heterocycles. The number of aliphatic hydroxyl groups is 1. The lowest BCUT2D eigenvalue weighted by Crippen LogP contribution is -2.28. The monoisotopic (exact) mass is 503 g/mol. The fourth-order valence-corrected chi connectivity index (χ4v) is 4.14. The lowest BCUT2D eigenvalue weighted by atomic mass is 10.1. The van der Waals surface area contributed by atoms with Crippen molar-refractivity contribution in [2.24, 2.45) is 5.14 Å². The van der Waals surface area contributed by atoms with Gasteiger partial charge in [0.05, 0.1) is 72.3 Å². The van der Waals surface area contributed by atoms with Crippen molar-refractivity contribution in [2.75, 3.05) is 59.5 Å². The molecule has 0 saturated heterocycles. The molecule has 2 aromatic rings. The number of hydrogen-bond acceptors (Lipinski definition) is 10. The highest BCUT2D eigenvalue weighted by Gasteiger charge is 2.28. The first-order valence-electron chi connectivity index (χ1n) is 10.5. The van der Waals surface area contributed by atoms with Crippen LogP contribution < -0.4 is 5.14 Å². The van der Waals surface area contributed by atoms with Gasteiger partial charge in [-0.2, -0.15) is 0 Å². The smallest absolute Gasteiger partial charge is 0.143 e. The Hall–Kier alpha value is -1.48. The summed E-state index contributed by atoms with van der Waals surface area (Å²) in [4.78, 5) is 4.00. The van der Waals surface area contributed by atoms with Gasteiger partial charge >= 0.3 is 0 Å². The van der Waals surface area contributed by atoms with E-state index in [1.165, 1.54) is 13.1 Å². The summed E-state index contributed by atoms with van der Waals surface area (Å²) in [5, 5.41) is 16.0. The molecule has 12 heteroatoms. The van der Waals surface area contributed by atoms with E-state index in [-0.39, 0.29) is 17.4 Å². The Balaban J connectivity index is 1.38. The third-order valence-electron chi connectivity index (χ3n) is 4.23. The van der Waals surface area contributed by atoms with E-state index in [1.54, 1.807) is 0 Å². The number of benzene rings is 1. The molecule has 33 heavy (non-hydrogen) atoms. The molecule has 2 atom stereocenters. The van der Waals surface area contributed by atoms with Crippen LogP contribution in [0.3, 0.4) is 0 Å². The molecule has 0 spiro atoms. The molecule has 0 bridgehead atoms. The SMILES string of the molecule is C[C@](O)(COCCOCCOCCOCCOCc1ccccc1)c1ncc(S(=N)(N)=O)s1. The zero-order chi connectivity index (χ0) is 24.0. The summed E-state index contributed by atoms with van der Waals surface area (Å²) in [7, 11) is -3.34. The third kappa shape index (κ3) is 11.5. The summed E-state index contributed by atoms with van der Waals surface area (Å²) in [6.07, 6.45) is 1.25. The number of nitrogens with zero attached hydrogens (tertiary/aromatic N) is 1. The quantitative estimate of drug-likeness (QED) is 0.262. The van der Waals surface area contributed by atoms with E-state index in [1.807, 2.05) is 30.3 Å². The number of ether oxygens (including phenoxy) is 5. The fourth-order valence-electron chi connectivity index (χ4n) is 2.52. The van der Waals surface area contributed by atoms with Crippen LogP contribution in [0.1, 0.15) is 17.5 Å². The molecule has 186 valence electrons. The lowest BCUT2D eigenvalue weighted by molar-refractivity contribution is -0.0563. The molecular weight excluding hydrogens is 470 g/mol. The predicted molar refractivity (Wildman–Crippen MR) is 124 cm³/mol. The van der Waals surface area contributed by atoms with Crippen molar-refractivity contribution >= 4 is 21.3 Å². The molecule has 0 aliphatic carbocycles. The van der Waals surface area contributed by atoms with Gasteiger partial charge in [0.2, 0.25) is 0 Å². The van der Waals surface area contributed by atoms with E-state index in [9.17, 15) is 9.32 Å². The van der Waals surface area contributed by atoms with Gasteiger partial charge in [-0.3, -0.25) is 0 Å². The van der Waals surface area contributed by atoms with Gasteiger partial charge in [-0.1, -0.05) is 30.3 Å². The summed E-state index contributed by atoms with van der Waals surface area (Å²) in [6, 6.07) is 9.98. The molecule has 0 radical (unpaired) electrons. The summed E-state index contributed by atoms with van der Waals surface area (Å²) < 4.78 is 46.3. The molecule has 2 rings (SSSR count). The van der Waals surface area contributed by atoms with E-state index in [2.05, 4.69) is 4.98 Å². The average molecular weight is 504 g/mol. The van der Waals surface area contributed by atoms with Crippen LogP contribution in [-0.4, -0.2) is 73.8 Å². The van der Waals surface area contributed by atoms with Crippen molar-refractivity contribution in [3.05, 3.63) is 47.1 Å². The van der Waals surface area contributed by atoms with Crippen molar-refractivity contribution in [1.29, 1.82) is 4.78 Å². The van der Waals surface area contributed by atoms with Crippen LogP contribution in [0.15, 0.2) is 40.7 Å². The van der Waals surface area contributed by atoms with Crippen molar-refractivity contribution in [3.63, 3.8) is 0 Å². The number of aromatic nitrogens is 1. The maximum absolute atomic E-state index is 11.5. The number of rotatable bonds is 18. The van der Waals surface area contributed by atoms with Crippen LogP contribution in [0.25, 0.3) is 0 Å². The largest absolute Gasteiger partial charge is 0.381 e. The maximum Gasteiger partial charge on any atom is 0.143 e. The van der Waals surface area contributed by atoms with Crippen LogP contribution in [0, 0.1) is 4.78 Å². The molecule has 1 heterocycles. The van der Waals surface area contributed by atoms with Crippen LogP contribution in [0.4, 0.5) is 0 Å². The molecule has 4 N–H and O–H groups in total. The molecule has 1 unspecified atom stereocenters. The van der Waals surface area contributed by atoms with Crippen LogP contribution in [0.5, 0.6) is 0 Å². The van der Waals surface area contributed by atoms with E-state index in [0.717, 1.165) is 16.9 Å². The first-order chi connectivity index (χ1) is 15.8. The number of nitrogens with one attached hydrogen (secondary N) is 1. The van der Waals surface area contributed by atoms with Crippen LogP contribution in [0.2, 0.25) is 0 Å². The van der Waals surface area contributed by atoms with E-state index in [0.29, 0.717) is 57.9 Å². The Morgan fingerprint density at radius 2 is 1.48 bits per heavy atom. The van der Waals surface area contributed by atoms with Gasteiger partial charge in [-0.25, -0.2) is 19.1 Å². The van der Waals surface area contributed by atoms with Crippen molar-refractivity contribution in [1.82, 2.24) is 4.98 Å². The fraction of sp³-hybridized carbons (Fsp3) is 0.571. The molecule has 0 fully saturated rings. The van der Waals surface area contributed by atoms with Crippen molar-refractivity contribution in [3.8, 4) is 0 Å². The van der Waals surface area contributed by atoms with Crippen molar-refractivity contribution in [2.45, 2.75) is 23.3 Å².